The Morgan fingerprint density at radius 3 is 1.57 bits per heavy atom. The van der Waals surface area contributed by atoms with Crippen molar-refractivity contribution in [3.05, 3.63) is 11.6 Å². The van der Waals surface area contributed by atoms with Crippen LogP contribution in [0.15, 0.2) is 11.6 Å². The van der Waals surface area contributed by atoms with E-state index < -0.39 is 276 Å². The van der Waals surface area contributed by atoms with Crippen molar-refractivity contribution in [1.29, 1.82) is 0 Å². The molecule has 0 amide bonds. The lowest BCUT2D eigenvalue weighted by molar-refractivity contribution is -0.403. The van der Waals surface area contributed by atoms with Crippen LogP contribution in [-0.4, -0.2) is 368 Å². The molecule has 107 heavy (non-hydrogen) atoms. The van der Waals surface area contributed by atoms with Crippen LogP contribution in [0.1, 0.15) is 120 Å². The Hall–Kier alpha value is -2.15. The molecule has 616 valence electrons. The van der Waals surface area contributed by atoms with Gasteiger partial charge in [-0.05, 0) is 117 Å². The van der Waals surface area contributed by atoms with Crippen molar-refractivity contribution in [2.24, 2.45) is 50.2 Å². The van der Waals surface area contributed by atoms with Crippen LogP contribution in [0.25, 0.3) is 0 Å². The summed E-state index contributed by atoms with van der Waals surface area (Å²) in [4.78, 5) is 15.3. The van der Waals surface area contributed by atoms with Gasteiger partial charge in [0.2, 0.25) is 6.29 Å². The van der Waals surface area contributed by atoms with E-state index in [1.807, 2.05) is 6.92 Å². The summed E-state index contributed by atoms with van der Waals surface area (Å²) in [5.74, 6) is -1.16. The summed E-state index contributed by atoms with van der Waals surface area (Å²) in [5, 5.41) is 231. The number of allylic oxidation sites excluding steroid dienone is 2. The van der Waals surface area contributed by atoms with Gasteiger partial charge in [-0.15, -0.1) is 0 Å². The fourth-order valence-electron chi connectivity index (χ4n) is 20.5. The standard InChI is InChI=1S/C71H116O36/c1-26-38(77)44(83)49(88)59(96-26)105-56-53(92)63(100-33(22-74)54(56)103-60-50(89)46(85)42(81)32(21-73)99-60)104-55-39(78)27(2)97-62(52(55)91)106-57-40(79)30(76)23-94-64(57)102-37-12-13-67(5)35(68(37,6)25-75)11-14-70(8)36(67)10-9-28-29-19-66(3,4)15-17-71(29,18-16-69(28,70)7)65(93)107-61-51(90)47(86)43(82)34(101-61)24-95-58-48(87)45(84)41(80)31(20-72)98-58/h9,26-27,29-64,72-92H,10-25H2,1-8H3/t26-,27-,29-,30-,31+,32+,33+,34+,35+,36+,37-,38-,39-,40-,41+,42+,43+,44+,45-,46-,47-,48+,49+,50+,51+,52+,53+,54+,55+,56+,57+,58+,59-,60-,61-,62-,63-,64-,67-,68-,69+,70+,71-/m0/s1. The van der Waals surface area contributed by atoms with Crippen LogP contribution < -0.4 is 0 Å². The third-order valence-corrected chi connectivity index (χ3v) is 27.4. The highest BCUT2D eigenvalue weighted by atomic mass is 16.8. The largest absolute Gasteiger partial charge is 0.432 e. The second-order valence-corrected chi connectivity index (χ2v) is 34.1. The molecular weight excluding hydrogens is 1430 g/mol. The molecule has 0 bridgehead atoms. The molecule has 36 heteroatoms. The predicted octanol–water partition coefficient (Wildman–Crippen LogP) is -6.90. The topological polar surface area (TPSA) is 571 Å². The Morgan fingerprint density at radius 2 is 0.944 bits per heavy atom. The number of ether oxygens (including phenoxy) is 14. The first-order chi connectivity index (χ1) is 50.3. The highest BCUT2D eigenvalue weighted by Crippen LogP contribution is 2.76. The molecule has 11 fully saturated rings. The van der Waals surface area contributed by atoms with E-state index in [1.54, 1.807) is 0 Å². The molecule has 7 saturated heterocycles. The van der Waals surface area contributed by atoms with Crippen molar-refractivity contribution in [2.45, 2.75) is 335 Å². The van der Waals surface area contributed by atoms with Gasteiger partial charge in [-0.2, -0.15) is 0 Å². The zero-order chi connectivity index (χ0) is 78.0. The Bertz CT molecular complexity index is 3030. The van der Waals surface area contributed by atoms with Gasteiger partial charge in [0, 0.05) is 5.41 Å². The van der Waals surface area contributed by atoms with E-state index in [4.69, 9.17) is 66.3 Å². The first-order valence-electron chi connectivity index (χ1n) is 37.7. The van der Waals surface area contributed by atoms with Crippen molar-refractivity contribution < 1.29 is 178 Å². The molecule has 7 heterocycles. The van der Waals surface area contributed by atoms with Crippen molar-refractivity contribution in [3.63, 3.8) is 0 Å². The van der Waals surface area contributed by atoms with Crippen LogP contribution in [0.5, 0.6) is 0 Å². The van der Waals surface area contributed by atoms with E-state index in [9.17, 15) is 107 Å². The van der Waals surface area contributed by atoms with Gasteiger partial charge in [0.05, 0.1) is 63.4 Å². The number of aliphatic hydroxyl groups is 21. The van der Waals surface area contributed by atoms with Gasteiger partial charge in [-0.1, -0.05) is 53.2 Å². The van der Waals surface area contributed by atoms with Crippen LogP contribution in [-0.2, 0) is 71.1 Å². The minimum atomic E-state index is -2.18. The van der Waals surface area contributed by atoms with E-state index >= 15 is 4.79 Å². The van der Waals surface area contributed by atoms with E-state index in [0.29, 0.717) is 64.2 Å². The summed E-state index contributed by atoms with van der Waals surface area (Å²) < 4.78 is 84.2. The molecule has 5 aliphatic carbocycles. The molecule has 43 atom stereocenters. The fraction of sp³-hybridized carbons (Fsp3) is 0.958. The molecule has 0 aromatic rings. The zero-order valence-corrected chi connectivity index (χ0v) is 61.3. The van der Waals surface area contributed by atoms with Crippen molar-refractivity contribution in [3.8, 4) is 0 Å². The SMILES string of the molecule is C[C@@H]1O[C@@H](O[C@@H]2[C@@H](O)[C@H](O[C@@H]3[C@@H](O)[C@H](C)O[C@@H](O[C@H]4[C@H](O[C@H]5CC[C@@]6(C)[C@@H](CC[C@]7(C)[C@@H]6CC=C6[C@@H]8CC(C)(C)CC[C@]8(C(=O)O[C@@H]8O[C@H](CO[C@@H]9O[C@H](CO)[C@@H](O)[C@H](O)[C@H]9O)[C@@H](O)[C@H](O)[C@H]8O)CC[C@]67C)[C@]5(C)CO)OC[C@H](O)[C@@H]4O)[C@@H]3O)O[C@H](CO)[C@H]2O[C@@H]2O[C@H](CO)[C@@H](O)[C@H](O)[C@H]2O)[C@H](O)[C@H](O)[C@H]1O. The minimum absolute atomic E-state index is 0.0219. The molecule has 0 aromatic heterocycles. The van der Waals surface area contributed by atoms with Gasteiger partial charge in [0.1, 0.15) is 153 Å². The molecule has 0 radical (unpaired) electrons. The minimum Gasteiger partial charge on any atom is -0.432 e. The number of aliphatic hydroxyl groups excluding tert-OH is 21. The van der Waals surface area contributed by atoms with E-state index in [-0.39, 0.29) is 35.2 Å². The average molecular weight is 1550 g/mol. The monoisotopic (exact) mass is 1540 g/mol. The van der Waals surface area contributed by atoms with Gasteiger partial charge in [-0.25, -0.2) is 0 Å². The lowest BCUT2D eigenvalue weighted by atomic mass is 9.33. The molecule has 0 spiro atoms. The van der Waals surface area contributed by atoms with Gasteiger partial charge in [0.25, 0.3) is 0 Å². The highest BCUT2D eigenvalue weighted by molar-refractivity contribution is 5.79. The predicted molar refractivity (Wildman–Crippen MR) is 353 cm³/mol. The molecule has 7 aliphatic heterocycles. The number of hydrogen-bond acceptors (Lipinski definition) is 36. The maximum Gasteiger partial charge on any atom is 0.315 e. The molecule has 36 nitrogen and oxygen atoms in total. The van der Waals surface area contributed by atoms with Crippen LogP contribution in [0, 0.1) is 50.2 Å². The Labute approximate surface area is 618 Å². The number of rotatable bonds is 19. The van der Waals surface area contributed by atoms with Crippen molar-refractivity contribution >= 4 is 5.97 Å². The third kappa shape index (κ3) is 14.8. The number of carbonyl (C=O) groups excluding carboxylic acids is 1. The van der Waals surface area contributed by atoms with Gasteiger partial charge < -0.3 is 174 Å². The summed E-state index contributed by atoms with van der Waals surface area (Å²) in [5.41, 5.74) is -2.50. The van der Waals surface area contributed by atoms with Crippen molar-refractivity contribution in [2.75, 3.05) is 39.6 Å². The normalized spacial score (nSPS) is 55.1. The van der Waals surface area contributed by atoms with E-state index in [2.05, 4.69) is 40.7 Å². The Morgan fingerprint density at radius 1 is 0.449 bits per heavy atom. The fourth-order valence-corrected chi connectivity index (χ4v) is 20.5. The first-order valence-corrected chi connectivity index (χ1v) is 37.7. The quantitative estimate of drug-likeness (QED) is 0.0325. The van der Waals surface area contributed by atoms with Gasteiger partial charge in [-0.3, -0.25) is 4.79 Å². The molecule has 12 rings (SSSR count). The summed E-state index contributed by atoms with van der Waals surface area (Å²) >= 11 is 0. The molecular formula is C71H116O36. The summed E-state index contributed by atoms with van der Waals surface area (Å²) in [6.45, 7) is 11.9. The second-order valence-electron chi connectivity index (χ2n) is 34.1. The van der Waals surface area contributed by atoms with Crippen LogP contribution in [0.3, 0.4) is 0 Å². The highest BCUT2D eigenvalue weighted by Gasteiger charge is 2.71. The average Bonchev–Trinajstić information content (AvgIpc) is 0.673. The lowest BCUT2D eigenvalue weighted by Crippen LogP contribution is -2.68. The van der Waals surface area contributed by atoms with Crippen molar-refractivity contribution in [1.82, 2.24) is 0 Å². The molecule has 21 N–H and O–H groups in total. The summed E-state index contributed by atoms with van der Waals surface area (Å²) in [6, 6.07) is 0. The van der Waals surface area contributed by atoms with Gasteiger partial charge >= 0.3 is 5.97 Å². The first kappa shape index (κ1) is 84.3. The van der Waals surface area contributed by atoms with Crippen LogP contribution in [0.2, 0.25) is 0 Å². The van der Waals surface area contributed by atoms with Crippen LogP contribution >= 0.6 is 0 Å². The second kappa shape index (κ2) is 32.1. The molecule has 4 saturated carbocycles. The Kier molecular flexibility index (Phi) is 25.3. The summed E-state index contributed by atoms with van der Waals surface area (Å²) in [7, 11) is 0. The number of esters is 1. The number of carbonyl (C=O) groups is 1. The van der Waals surface area contributed by atoms with Crippen LogP contribution in [0.4, 0.5) is 0 Å². The maximum absolute atomic E-state index is 15.3. The molecule has 12 aliphatic rings. The lowest BCUT2D eigenvalue weighted by Gasteiger charge is -2.71. The zero-order valence-electron chi connectivity index (χ0n) is 61.3. The summed E-state index contributed by atoms with van der Waals surface area (Å²) in [6.07, 6.45) is -52.9. The van der Waals surface area contributed by atoms with E-state index in [1.165, 1.54) is 13.8 Å². The molecule has 0 unspecified atom stereocenters. The maximum atomic E-state index is 15.3. The van der Waals surface area contributed by atoms with Gasteiger partial charge in [0.15, 0.2) is 37.7 Å². The number of hydrogen-bond donors (Lipinski definition) is 21. The Balaban J connectivity index is 0.742. The third-order valence-electron chi connectivity index (χ3n) is 27.4. The molecule has 0 aromatic carbocycles. The van der Waals surface area contributed by atoms with E-state index in [0.717, 1.165) is 5.57 Å². The number of fused-ring (bicyclic) bond motifs is 7. The smallest absolute Gasteiger partial charge is 0.315 e.